The van der Waals surface area contributed by atoms with Gasteiger partial charge in [0.15, 0.2) is 0 Å². The predicted molar refractivity (Wildman–Crippen MR) is 68.5 cm³/mol. The van der Waals surface area contributed by atoms with E-state index in [1.54, 1.807) is 18.2 Å². The normalized spacial score (nSPS) is 11.8. The van der Waals surface area contributed by atoms with E-state index >= 15 is 0 Å². The molecule has 7 heteroatoms. The zero-order valence-corrected chi connectivity index (χ0v) is 10.4. The van der Waals surface area contributed by atoms with E-state index in [2.05, 4.69) is 10.2 Å². The highest BCUT2D eigenvalue weighted by Crippen LogP contribution is 2.29. The van der Waals surface area contributed by atoms with Gasteiger partial charge < -0.3 is 5.11 Å². The first-order valence-electron chi connectivity index (χ1n) is 5.25. The number of hydrogen-bond donors (Lipinski definition) is 2. The number of aromatic hydroxyl groups is 1. The number of hydrogen-bond acceptors (Lipinski definition) is 5. The Kier molecular flexibility index (Phi) is 3.59. The van der Waals surface area contributed by atoms with Crippen molar-refractivity contribution in [2.75, 3.05) is 0 Å². The van der Waals surface area contributed by atoms with E-state index in [-0.39, 0.29) is 22.0 Å². The first-order valence-corrected chi connectivity index (χ1v) is 6.69. The first kappa shape index (κ1) is 13.2. The summed E-state index contributed by atoms with van der Waals surface area (Å²) >= 11 is 0. The lowest BCUT2D eigenvalue weighted by atomic mass is 10.3. The third-order valence-corrected chi connectivity index (χ3v) is 3.19. The van der Waals surface area contributed by atoms with Crippen molar-refractivity contribution in [3.63, 3.8) is 0 Å². The van der Waals surface area contributed by atoms with E-state index < -0.39 is 10.1 Å². The van der Waals surface area contributed by atoms with Crippen LogP contribution in [0.5, 0.6) is 5.75 Å². The van der Waals surface area contributed by atoms with Crippen LogP contribution >= 0.6 is 0 Å². The van der Waals surface area contributed by atoms with Crippen molar-refractivity contribution in [1.29, 1.82) is 0 Å². The van der Waals surface area contributed by atoms with Crippen molar-refractivity contribution in [3.05, 3.63) is 48.5 Å². The summed E-state index contributed by atoms with van der Waals surface area (Å²) in [5.74, 6) is -0.0735. The van der Waals surface area contributed by atoms with Crippen LogP contribution in [0.15, 0.2) is 63.7 Å². The van der Waals surface area contributed by atoms with Crippen LogP contribution in [-0.4, -0.2) is 18.1 Å². The Hall–Kier alpha value is -2.25. The van der Waals surface area contributed by atoms with Crippen molar-refractivity contribution in [1.82, 2.24) is 0 Å². The van der Waals surface area contributed by atoms with Gasteiger partial charge >= 0.3 is 0 Å². The molecule has 0 spiro atoms. The minimum atomic E-state index is -4.36. The number of para-hydroxylation sites is 1. The maximum atomic E-state index is 11.1. The van der Waals surface area contributed by atoms with Gasteiger partial charge in [-0.3, -0.25) is 4.55 Å². The Bertz CT molecular complexity index is 726. The van der Waals surface area contributed by atoms with E-state index in [9.17, 15) is 13.5 Å². The van der Waals surface area contributed by atoms with Gasteiger partial charge in [0.2, 0.25) is 0 Å². The molecule has 0 aromatic heterocycles. The molecule has 2 aromatic rings. The van der Waals surface area contributed by atoms with Gasteiger partial charge in [0.25, 0.3) is 10.1 Å². The standard InChI is InChI=1S/C12H10N2O4S/c15-11-7-3-1-5-9(11)13-14-10-6-2-4-8-12(10)19(16,17)18/h1-8,15H,(H,16,17,18)/b14-13+. The van der Waals surface area contributed by atoms with Crippen LogP contribution in [0.4, 0.5) is 11.4 Å². The van der Waals surface area contributed by atoms with E-state index in [0.29, 0.717) is 0 Å². The summed E-state index contributed by atoms with van der Waals surface area (Å²) in [5, 5.41) is 17.0. The number of phenolic OH excluding ortho intramolecular Hbond substituents is 1. The van der Waals surface area contributed by atoms with Gasteiger partial charge in [0.1, 0.15) is 22.0 Å². The summed E-state index contributed by atoms with van der Waals surface area (Å²) < 4.78 is 31.3. The smallest absolute Gasteiger partial charge is 0.296 e. The third-order valence-electron chi connectivity index (χ3n) is 2.29. The number of nitrogens with zero attached hydrogens (tertiary/aromatic N) is 2. The molecule has 98 valence electrons. The molecule has 0 radical (unpaired) electrons. The molecule has 2 rings (SSSR count). The van der Waals surface area contributed by atoms with Gasteiger partial charge in [0, 0.05) is 0 Å². The van der Waals surface area contributed by atoms with Crippen LogP contribution in [-0.2, 0) is 10.1 Å². The number of azo groups is 1. The van der Waals surface area contributed by atoms with Gasteiger partial charge in [0.05, 0.1) is 0 Å². The molecule has 0 aliphatic carbocycles. The lowest BCUT2D eigenvalue weighted by molar-refractivity contribution is 0.476. The molecule has 0 atom stereocenters. The van der Waals surface area contributed by atoms with Gasteiger partial charge in [-0.15, -0.1) is 10.2 Å². The molecule has 0 saturated heterocycles. The molecule has 0 fully saturated rings. The molecule has 2 N–H and O–H groups in total. The molecule has 0 amide bonds. The molecular formula is C12H10N2O4S. The maximum Gasteiger partial charge on any atom is 0.296 e. The number of rotatable bonds is 3. The Balaban J connectivity index is 2.43. The van der Waals surface area contributed by atoms with Gasteiger partial charge in [-0.2, -0.15) is 8.42 Å². The number of benzene rings is 2. The molecule has 0 aliphatic heterocycles. The van der Waals surface area contributed by atoms with Crippen molar-refractivity contribution >= 4 is 21.5 Å². The Morgan fingerprint density at radius 2 is 1.37 bits per heavy atom. The average molecular weight is 278 g/mol. The lowest BCUT2D eigenvalue weighted by Crippen LogP contribution is -1.97. The summed E-state index contributed by atoms with van der Waals surface area (Å²) in [4.78, 5) is -0.339. The topological polar surface area (TPSA) is 99.3 Å². The van der Waals surface area contributed by atoms with Crippen LogP contribution in [0, 0.1) is 0 Å². The second-order valence-electron chi connectivity index (χ2n) is 3.63. The third kappa shape index (κ3) is 3.15. The van der Waals surface area contributed by atoms with E-state index in [1.807, 2.05) is 0 Å². The Morgan fingerprint density at radius 3 is 2.00 bits per heavy atom. The van der Waals surface area contributed by atoms with Crippen LogP contribution in [0.2, 0.25) is 0 Å². The van der Waals surface area contributed by atoms with Crippen molar-refractivity contribution in [2.45, 2.75) is 4.90 Å². The fourth-order valence-electron chi connectivity index (χ4n) is 1.41. The molecule has 0 aliphatic rings. The summed E-state index contributed by atoms with van der Waals surface area (Å²) in [6, 6.07) is 11.9. The molecule has 2 aromatic carbocycles. The summed E-state index contributed by atoms with van der Waals surface area (Å²) in [5.41, 5.74) is 0.195. The SMILES string of the molecule is O=S(=O)(O)c1ccccc1/N=N/c1ccccc1O. The first-order chi connectivity index (χ1) is 8.98. The fraction of sp³-hybridized carbons (Fsp3) is 0. The quantitative estimate of drug-likeness (QED) is 0.665. The minimum absolute atomic E-state index is 0.00625. The average Bonchev–Trinajstić information content (AvgIpc) is 2.37. The minimum Gasteiger partial charge on any atom is -0.506 e. The van der Waals surface area contributed by atoms with Crippen molar-refractivity contribution in [2.24, 2.45) is 10.2 Å². The predicted octanol–water partition coefficient (Wildman–Crippen LogP) is 3.05. The molecule has 19 heavy (non-hydrogen) atoms. The molecule has 6 nitrogen and oxygen atoms in total. The highest BCUT2D eigenvalue weighted by molar-refractivity contribution is 7.86. The van der Waals surface area contributed by atoms with Crippen LogP contribution in [0.3, 0.4) is 0 Å². The van der Waals surface area contributed by atoms with E-state index in [1.165, 1.54) is 30.3 Å². The Morgan fingerprint density at radius 1 is 0.842 bits per heavy atom. The van der Waals surface area contributed by atoms with Crippen molar-refractivity contribution in [3.8, 4) is 5.75 Å². The summed E-state index contributed by atoms with van der Waals surface area (Å²) in [6.07, 6.45) is 0. The highest BCUT2D eigenvalue weighted by Gasteiger charge is 2.14. The lowest BCUT2D eigenvalue weighted by Gasteiger charge is -2.00. The summed E-state index contributed by atoms with van der Waals surface area (Å²) in [7, 11) is -4.36. The molecule has 0 heterocycles. The van der Waals surface area contributed by atoms with E-state index in [4.69, 9.17) is 4.55 Å². The second-order valence-corrected chi connectivity index (χ2v) is 5.02. The van der Waals surface area contributed by atoms with Crippen LogP contribution in [0.1, 0.15) is 0 Å². The molecule has 0 saturated carbocycles. The zero-order chi connectivity index (χ0) is 13.9. The van der Waals surface area contributed by atoms with E-state index in [0.717, 1.165) is 0 Å². The van der Waals surface area contributed by atoms with Crippen molar-refractivity contribution < 1.29 is 18.1 Å². The van der Waals surface area contributed by atoms with Crippen LogP contribution < -0.4 is 0 Å². The van der Waals surface area contributed by atoms with Gasteiger partial charge in [-0.1, -0.05) is 24.3 Å². The monoisotopic (exact) mass is 278 g/mol. The number of phenols is 1. The molecule has 0 unspecified atom stereocenters. The fourth-order valence-corrected chi connectivity index (χ4v) is 2.04. The van der Waals surface area contributed by atoms with Gasteiger partial charge in [-0.05, 0) is 24.3 Å². The second kappa shape index (κ2) is 5.17. The van der Waals surface area contributed by atoms with Crippen LogP contribution in [0.25, 0.3) is 0 Å². The molecule has 0 bridgehead atoms. The maximum absolute atomic E-state index is 11.1. The van der Waals surface area contributed by atoms with Gasteiger partial charge in [-0.25, -0.2) is 0 Å². The largest absolute Gasteiger partial charge is 0.506 e. The molecular weight excluding hydrogens is 268 g/mol. The zero-order valence-electron chi connectivity index (χ0n) is 9.63. The highest BCUT2D eigenvalue weighted by atomic mass is 32.2. The Labute approximate surface area is 109 Å². The summed E-state index contributed by atoms with van der Waals surface area (Å²) in [6.45, 7) is 0.